The maximum Gasteiger partial charge on any atom is 0.238 e. The summed E-state index contributed by atoms with van der Waals surface area (Å²) in [4.78, 5) is 4.21. The molecule has 0 amide bonds. The molecule has 1 fully saturated rings. The summed E-state index contributed by atoms with van der Waals surface area (Å²) in [5.41, 5.74) is 1.02. The lowest BCUT2D eigenvalue weighted by atomic mass is 10.3. The van der Waals surface area contributed by atoms with Gasteiger partial charge in [-0.1, -0.05) is 11.6 Å². The van der Waals surface area contributed by atoms with Gasteiger partial charge >= 0.3 is 0 Å². The largest absolute Gasteiger partial charge is 0.438 e. The molecule has 104 valence electrons. The van der Waals surface area contributed by atoms with Crippen LogP contribution in [-0.4, -0.2) is 11.0 Å². The monoisotopic (exact) mass is 292 g/mol. The zero-order valence-corrected chi connectivity index (χ0v) is 11.5. The van der Waals surface area contributed by atoms with Crippen LogP contribution in [0.5, 0.6) is 11.6 Å². The highest BCUT2D eigenvalue weighted by molar-refractivity contribution is 6.31. The molecular formula is C15H14ClFN2O. The maximum atomic E-state index is 12.8. The Bertz CT molecular complexity index is 599. The van der Waals surface area contributed by atoms with E-state index in [1.165, 1.54) is 37.1 Å². The summed E-state index contributed by atoms with van der Waals surface area (Å²) < 4.78 is 18.3. The van der Waals surface area contributed by atoms with Crippen LogP contribution >= 0.6 is 11.6 Å². The number of nitrogens with zero attached hydrogens (tertiary/aromatic N) is 1. The lowest BCUT2D eigenvalue weighted by Crippen LogP contribution is -2.15. The van der Waals surface area contributed by atoms with Crippen molar-refractivity contribution in [2.24, 2.45) is 0 Å². The average molecular weight is 293 g/mol. The molecule has 3 rings (SSSR count). The molecule has 3 nitrogen and oxygen atoms in total. The van der Waals surface area contributed by atoms with Gasteiger partial charge < -0.3 is 10.1 Å². The van der Waals surface area contributed by atoms with Crippen LogP contribution in [0.4, 0.5) is 4.39 Å². The summed E-state index contributed by atoms with van der Waals surface area (Å²) in [5.74, 6) is 0.524. The third kappa shape index (κ3) is 3.46. The molecule has 1 aliphatic carbocycles. The molecule has 1 aromatic heterocycles. The van der Waals surface area contributed by atoms with Crippen LogP contribution in [0, 0.1) is 5.82 Å². The van der Waals surface area contributed by atoms with Crippen molar-refractivity contribution in [3.8, 4) is 11.6 Å². The lowest BCUT2D eigenvalue weighted by molar-refractivity contribution is 0.461. The van der Waals surface area contributed by atoms with Gasteiger partial charge in [-0.05, 0) is 48.7 Å². The van der Waals surface area contributed by atoms with Crippen LogP contribution in [0.1, 0.15) is 18.4 Å². The molecule has 1 aliphatic rings. The summed E-state index contributed by atoms with van der Waals surface area (Å²) in [6.07, 6.45) is 4.22. The molecule has 0 radical (unpaired) electrons. The quantitative estimate of drug-likeness (QED) is 0.907. The number of pyridine rings is 1. The smallest absolute Gasteiger partial charge is 0.238 e. The van der Waals surface area contributed by atoms with Gasteiger partial charge in [-0.2, -0.15) is 0 Å². The van der Waals surface area contributed by atoms with Gasteiger partial charge in [-0.25, -0.2) is 9.37 Å². The van der Waals surface area contributed by atoms with Crippen LogP contribution < -0.4 is 10.1 Å². The van der Waals surface area contributed by atoms with E-state index in [0.717, 1.165) is 12.1 Å². The van der Waals surface area contributed by atoms with Gasteiger partial charge in [0.1, 0.15) is 16.6 Å². The van der Waals surface area contributed by atoms with Gasteiger partial charge in [-0.3, -0.25) is 0 Å². The first-order valence-electron chi connectivity index (χ1n) is 6.52. The van der Waals surface area contributed by atoms with Gasteiger partial charge in [-0.15, -0.1) is 0 Å². The second-order valence-electron chi connectivity index (χ2n) is 4.84. The molecule has 0 unspecified atom stereocenters. The Balaban J connectivity index is 1.68. The van der Waals surface area contributed by atoms with Crippen LogP contribution in [0.25, 0.3) is 0 Å². The van der Waals surface area contributed by atoms with Crippen molar-refractivity contribution in [1.29, 1.82) is 0 Å². The van der Waals surface area contributed by atoms with Crippen molar-refractivity contribution in [1.82, 2.24) is 10.3 Å². The SMILES string of the molecule is Fc1ccc(Oc2ncc(CNC3CC3)cc2Cl)cc1. The fraction of sp³-hybridized carbons (Fsp3) is 0.267. The number of ether oxygens (including phenoxy) is 1. The molecular weight excluding hydrogens is 279 g/mol. The predicted molar refractivity (Wildman–Crippen MR) is 75.6 cm³/mol. The number of benzene rings is 1. The Morgan fingerprint density at radius 3 is 2.70 bits per heavy atom. The predicted octanol–water partition coefficient (Wildman–Crippen LogP) is 3.92. The number of rotatable bonds is 5. The third-order valence-corrected chi connectivity index (χ3v) is 3.34. The number of aromatic nitrogens is 1. The van der Waals surface area contributed by atoms with E-state index in [1.807, 2.05) is 6.07 Å². The lowest BCUT2D eigenvalue weighted by Gasteiger charge is -2.08. The van der Waals surface area contributed by atoms with Gasteiger partial charge in [0.15, 0.2) is 0 Å². The van der Waals surface area contributed by atoms with Crippen LogP contribution in [0.3, 0.4) is 0 Å². The van der Waals surface area contributed by atoms with E-state index in [1.54, 1.807) is 6.20 Å². The maximum absolute atomic E-state index is 12.8. The molecule has 5 heteroatoms. The zero-order valence-electron chi connectivity index (χ0n) is 10.8. The summed E-state index contributed by atoms with van der Waals surface area (Å²) in [6.45, 7) is 0.758. The van der Waals surface area contributed by atoms with Crippen molar-refractivity contribution < 1.29 is 9.13 Å². The van der Waals surface area contributed by atoms with E-state index in [9.17, 15) is 4.39 Å². The Hall–Kier alpha value is -1.65. The number of hydrogen-bond donors (Lipinski definition) is 1. The highest BCUT2D eigenvalue weighted by atomic mass is 35.5. The van der Waals surface area contributed by atoms with Crippen molar-refractivity contribution in [2.45, 2.75) is 25.4 Å². The Morgan fingerprint density at radius 1 is 1.30 bits per heavy atom. The minimum absolute atomic E-state index is 0.307. The fourth-order valence-electron chi connectivity index (χ4n) is 1.80. The van der Waals surface area contributed by atoms with Crippen LogP contribution in [0.2, 0.25) is 5.02 Å². The molecule has 0 bridgehead atoms. The van der Waals surface area contributed by atoms with E-state index in [4.69, 9.17) is 16.3 Å². The standard InChI is InChI=1S/C15H14ClFN2O/c16-14-7-10(8-18-12-3-4-12)9-19-15(14)20-13-5-1-11(17)2-6-13/h1-2,5-7,9,12,18H,3-4,8H2. The molecule has 0 spiro atoms. The Morgan fingerprint density at radius 2 is 2.05 bits per heavy atom. The topological polar surface area (TPSA) is 34.1 Å². The second-order valence-corrected chi connectivity index (χ2v) is 5.25. The molecule has 0 aliphatic heterocycles. The highest BCUT2D eigenvalue weighted by Crippen LogP contribution is 2.28. The van der Waals surface area contributed by atoms with Gasteiger partial charge in [0.25, 0.3) is 0 Å². The van der Waals surface area contributed by atoms with E-state index in [2.05, 4.69) is 10.3 Å². The molecule has 2 aromatic rings. The van der Waals surface area contributed by atoms with E-state index < -0.39 is 0 Å². The molecule has 1 aromatic carbocycles. The number of hydrogen-bond acceptors (Lipinski definition) is 3. The molecule has 20 heavy (non-hydrogen) atoms. The van der Waals surface area contributed by atoms with Gasteiger partial charge in [0, 0.05) is 18.8 Å². The molecule has 1 heterocycles. The van der Waals surface area contributed by atoms with Gasteiger partial charge in [0.2, 0.25) is 5.88 Å². The second kappa shape index (κ2) is 5.77. The van der Waals surface area contributed by atoms with E-state index in [-0.39, 0.29) is 5.82 Å². The number of nitrogens with one attached hydrogen (secondary N) is 1. The number of halogens is 2. The summed E-state index contributed by atoms with van der Waals surface area (Å²) >= 11 is 6.15. The van der Waals surface area contributed by atoms with Crippen molar-refractivity contribution in [2.75, 3.05) is 0 Å². The normalized spacial score (nSPS) is 14.3. The summed E-state index contributed by atoms with van der Waals surface area (Å²) in [6, 6.07) is 8.21. The van der Waals surface area contributed by atoms with Crippen LogP contribution in [-0.2, 0) is 6.54 Å². The Labute approximate surface area is 121 Å². The van der Waals surface area contributed by atoms with Crippen molar-refractivity contribution >= 4 is 11.6 Å². The first kappa shape index (κ1) is 13.3. The van der Waals surface area contributed by atoms with Gasteiger partial charge in [0.05, 0.1) is 0 Å². The zero-order chi connectivity index (χ0) is 13.9. The van der Waals surface area contributed by atoms with Crippen LogP contribution in [0.15, 0.2) is 36.5 Å². The minimum Gasteiger partial charge on any atom is -0.438 e. The fourth-order valence-corrected chi connectivity index (χ4v) is 2.03. The summed E-state index contributed by atoms with van der Waals surface area (Å²) in [5, 5.41) is 3.84. The van der Waals surface area contributed by atoms with E-state index in [0.29, 0.717) is 22.7 Å². The Kier molecular flexibility index (Phi) is 3.85. The highest BCUT2D eigenvalue weighted by Gasteiger charge is 2.20. The summed E-state index contributed by atoms with van der Waals surface area (Å²) in [7, 11) is 0. The molecule has 0 atom stereocenters. The first-order chi connectivity index (χ1) is 9.70. The third-order valence-electron chi connectivity index (χ3n) is 3.06. The average Bonchev–Trinajstić information content (AvgIpc) is 3.26. The van der Waals surface area contributed by atoms with Crippen molar-refractivity contribution in [3.05, 3.63) is 52.9 Å². The van der Waals surface area contributed by atoms with E-state index >= 15 is 0 Å². The minimum atomic E-state index is -0.307. The molecule has 1 N–H and O–H groups in total. The molecule has 0 saturated heterocycles. The molecule has 1 saturated carbocycles. The first-order valence-corrected chi connectivity index (χ1v) is 6.90. The van der Waals surface area contributed by atoms with Crippen molar-refractivity contribution in [3.63, 3.8) is 0 Å².